The lowest BCUT2D eigenvalue weighted by molar-refractivity contribution is 0.660. The summed E-state index contributed by atoms with van der Waals surface area (Å²) in [7, 11) is 0. The van der Waals surface area contributed by atoms with Gasteiger partial charge < -0.3 is 18.2 Å². The van der Waals surface area contributed by atoms with Crippen molar-refractivity contribution in [2.75, 3.05) is 4.90 Å². The molecule has 0 spiro atoms. The van der Waals surface area contributed by atoms with Crippen molar-refractivity contribution in [2.24, 2.45) is 0 Å². The highest BCUT2D eigenvalue weighted by atomic mass is 16.3. The van der Waals surface area contributed by atoms with Crippen LogP contribution in [-0.4, -0.2) is 0 Å². The molecule has 1 aliphatic carbocycles. The van der Waals surface area contributed by atoms with Crippen LogP contribution in [-0.2, 0) is 5.41 Å². The van der Waals surface area contributed by atoms with Crippen LogP contribution in [0.3, 0.4) is 0 Å². The van der Waals surface area contributed by atoms with Crippen molar-refractivity contribution in [1.82, 2.24) is 0 Å². The summed E-state index contributed by atoms with van der Waals surface area (Å²) in [5.74, 6) is 0. The number of fused-ring (bicyclic) bond motifs is 12. The van der Waals surface area contributed by atoms with E-state index in [4.69, 9.17) is 13.3 Å². The van der Waals surface area contributed by atoms with Gasteiger partial charge in [-0.1, -0.05) is 117 Å². The van der Waals surface area contributed by atoms with E-state index in [1.54, 1.807) is 0 Å². The number of nitrogens with zero attached hydrogens (tertiary/aromatic N) is 1. The summed E-state index contributed by atoms with van der Waals surface area (Å²) >= 11 is 0. The Morgan fingerprint density at radius 3 is 1.67 bits per heavy atom. The van der Waals surface area contributed by atoms with Crippen LogP contribution < -0.4 is 4.90 Å². The zero-order valence-electron chi connectivity index (χ0n) is 33.6. The Hall–Kier alpha value is -7.82. The maximum atomic E-state index is 6.59. The predicted octanol–water partition coefficient (Wildman–Crippen LogP) is 16.5. The van der Waals surface area contributed by atoms with Crippen molar-refractivity contribution in [2.45, 2.75) is 19.3 Å². The van der Waals surface area contributed by atoms with E-state index in [1.807, 2.05) is 18.2 Å². The standard InChI is InChI=1S/C57H37NO3/c1-57(2)49-14-8-6-12-41(49)42-25-22-40(31-50(42)57)58(38-20-16-35(17-21-38)36-19-26-52-45(28-36)43-13-7-9-15-51(43)59-52)39-23-27-53-46(30-39)48-33-55-47(32-56(48)60-53)44-24-18-37(29-54(44)61-55)34-10-4-3-5-11-34/h3-33H,1-2H3. The number of rotatable bonds is 5. The van der Waals surface area contributed by atoms with Gasteiger partial charge in [0, 0.05) is 54.8 Å². The molecule has 0 amide bonds. The van der Waals surface area contributed by atoms with Crippen LogP contribution in [0.1, 0.15) is 25.0 Å². The van der Waals surface area contributed by atoms with E-state index in [0.29, 0.717) is 0 Å². The van der Waals surface area contributed by atoms with Crippen molar-refractivity contribution in [3.8, 4) is 33.4 Å². The fourth-order valence-corrected chi connectivity index (χ4v) is 9.97. The molecule has 0 atom stereocenters. The summed E-state index contributed by atoms with van der Waals surface area (Å²) < 4.78 is 19.3. The summed E-state index contributed by atoms with van der Waals surface area (Å²) in [4.78, 5) is 2.37. The molecule has 0 bridgehead atoms. The zero-order valence-corrected chi connectivity index (χ0v) is 33.6. The first-order valence-electron chi connectivity index (χ1n) is 20.9. The van der Waals surface area contributed by atoms with Gasteiger partial charge in [-0.15, -0.1) is 0 Å². The summed E-state index contributed by atoms with van der Waals surface area (Å²) in [6.45, 7) is 4.68. The summed E-state index contributed by atoms with van der Waals surface area (Å²) in [6.07, 6.45) is 0. The largest absolute Gasteiger partial charge is 0.456 e. The third-order valence-electron chi connectivity index (χ3n) is 13.1. The molecule has 13 rings (SSSR count). The Morgan fingerprint density at radius 2 is 0.820 bits per heavy atom. The average Bonchev–Trinajstić information content (AvgIpc) is 4.03. The highest BCUT2D eigenvalue weighted by Gasteiger charge is 2.35. The Bertz CT molecular complexity index is 3730. The second-order valence-electron chi connectivity index (χ2n) is 16.9. The number of para-hydroxylation sites is 1. The van der Waals surface area contributed by atoms with Crippen molar-refractivity contribution in [3.05, 3.63) is 199 Å². The highest BCUT2D eigenvalue weighted by Crippen LogP contribution is 2.51. The minimum Gasteiger partial charge on any atom is -0.456 e. The fraction of sp³-hybridized carbons (Fsp3) is 0.0526. The van der Waals surface area contributed by atoms with Gasteiger partial charge in [0.15, 0.2) is 0 Å². The molecule has 4 nitrogen and oxygen atoms in total. The minimum absolute atomic E-state index is 0.141. The SMILES string of the molecule is CC1(C)c2ccccc2-c2ccc(N(c3ccc(-c4ccc5oc6ccccc6c5c4)cc3)c3ccc4oc5cc6c(cc5c4c3)oc3cc(-c4ccccc4)ccc36)cc21. The van der Waals surface area contributed by atoms with Crippen molar-refractivity contribution in [1.29, 1.82) is 0 Å². The predicted molar refractivity (Wildman–Crippen MR) is 251 cm³/mol. The number of hydrogen-bond donors (Lipinski definition) is 0. The van der Waals surface area contributed by atoms with Crippen LogP contribution >= 0.6 is 0 Å². The van der Waals surface area contributed by atoms with Gasteiger partial charge in [-0.3, -0.25) is 0 Å². The second-order valence-corrected chi connectivity index (χ2v) is 16.9. The quantitative estimate of drug-likeness (QED) is 0.174. The molecule has 0 saturated carbocycles. The molecule has 3 aromatic heterocycles. The molecule has 0 saturated heterocycles. The van der Waals surface area contributed by atoms with E-state index < -0.39 is 0 Å². The topological polar surface area (TPSA) is 42.7 Å². The molecule has 3 heterocycles. The van der Waals surface area contributed by atoms with Gasteiger partial charge in [0.2, 0.25) is 0 Å². The molecular weight excluding hydrogens is 747 g/mol. The summed E-state index contributed by atoms with van der Waals surface area (Å²) in [5.41, 5.74) is 18.1. The number of anilines is 3. The average molecular weight is 784 g/mol. The first-order valence-corrected chi connectivity index (χ1v) is 20.9. The first kappa shape index (κ1) is 34.1. The van der Waals surface area contributed by atoms with E-state index in [2.05, 4.69) is 189 Å². The molecule has 9 aromatic carbocycles. The smallest absolute Gasteiger partial charge is 0.136 e. The molecule has 0 aliphatic heterocycles. The Labute approximate surface area is 351 Å². The Morgan fingerprint density at radius 1 is 0.311 bits per heavy atom. The Balaban J connectivity index is 0.952. The minimum atomic E-state index is -0.141. The third kappa shape index (κ3) is 5.12. The molecule has 12 aromatic rings. The van der Waals surface area contributed by atoms with Gasteiger partial charge >= 0.3 is 0 Å². The first-order chi connectivity index (χ1) is 29.9. The van der Waals surface area contributed by atoms with E-state index in [0.717, 1.165) is 105 Å². The van der Waals surface area contributed by atoms with Crippen LogP contribution in [0, 0.1) is 0 Å². The van der Waals surface area contributed by atoms with Crippen LogP contribution in [0.15, 0.2) is 201 Å². The normalized spacial score (nSPS) is 13.2. The van der Waals surface area contributed by atoms with Crippen molar-refractivity contribution >= 4 is 82.9 Å². The van der Waals surface area contributed by atoms with E-state index >= 15 is 0 Å². The molecule has 0 fully saturated rings. The van der Waals surface area contributed by atoms with Gasteiger partial charge in [0.1, 0.15) is 33.5 Å². The molecule has 1 aliphatic rings. The number of hydrogen-bond acceptors (Lipinski definition) is 4. The van der Waals surface area contributed by atoms with Gasteiger partial charge in [0.05, 0.1) is 0 Å². The van der Waals surface area contributed by atoms with Crippen LogP contribution in [0.2, 0.25) is 0 Å². The van der Waals surface area contributed by atoms with Crippen LogP contribution in [0.5, 0.6) is 0 Å². The molecular formula is C57H37NO3. The third-order valence-corrected chi connectivity index (χ3v) is 13.1. The highest BCUT2D eigenvalue weighted by molar-refractivity contribution is 6.15. The monoisotopic (exact) mass is 783 g/mol. The van der Waals surface area contributed by atoms with E-state index in [1.165, 1.54) is 22.3 Å². The second kappa shape index (κ2) is 12.6. The lowest BCUT2D eigenvalue weighted by atomic mass is 9.82. The molecule has 0 N–H and O–H groups in total. The maximum absolute atomic E-state index is 6.59. The van der Waals surface area contributed by atoms with Crippen molar-refractivity contribution < 1.29 is 13.3 Å². The number of furan rings is 3. The maximum Gasteiger partial charge on any atom is 0.136 e. The van der Waals surface area contributed by atoms with E-state index in [9.17, 15) is 0 Å². The summed E-state index contributed by atoms with van der Waals surface area (Å²) in [6, 6.07) is 67.2. The van der Waals surface area contributed by atoms with Gasteiger partial charge in [-0.05, 0) is 129 Å². The fourth-order valence-electron chi connectivity index (χ4n) is 9.97. The molecule has 288 valence electrons. The molecule has 61 heavy (non-hydrogen) atoms. The molecule has 0 radical (unpaired) electrons. The van der Waals surface area contributed by atoms with Gasteiger partial charge in [-0.25, -0.2) is 0 Å². The lowest BCUT2D eigenvalue weighted by Gasteiger charge is -2.28. The summed E-state index contributed by atoms with van der Waals surface area (Å²) in [5, 5.41) is 6.44. The Kier molecular flexibility index (Phi) is 7.04. The van der Waals surface area contributed by atoms with Gasteiger partial charge in [-0.2, -0.15) is 0 Å². The zero-order chi connectivity index (χ0) is 40.4. The van der Waals surface area contributed by atoms with Crippen LogP contribution in [0.25, 0.3) is 99.2 Å². The van der Waals surface area contributed by atoms with Crippen LogP contribution in [0.4, 0.5) is 17.1 Å². The van der Waals surface area contributed by atoms with E-state index in [-0.39, 0.29) is 5.41 Å². The number of benzene rings is 9. The molecule has 4 heteroatoms. The lowest BCUT2D eigenvalue weighted by Crippen LogP contribution is -2.16. The molecule has 0 unspecified atom stereocenters. The van der Waals surface area contributed by atoms with Gasteiger partial charge in [0.25, 0.3) is 0 Å². The van der Waals surface area contributed by atoms with Crippen molar-refractivity contribution in [3.63, 3.8) is 0 Å².